The van der Waals surface area contributed by atoms with Crippen molar-refractivity contribution in [2.24, 2.45) is 5.73 Å². The monoisotopic (exact) mass is 163 g/mol. The Morgan fingerprint density at radius 3 is 2.50 bits per heavy atom. The highest BCUT2D eigenvalue weighted by Crippen LogP contribution is 1.96. The smallest absolute Gasteiger partial charge is 0.0588 e. The highest BCUT2D eigenvalue weighted by atomic mass is 32.1. The van der Waals surface area contributed by atoms with Gasteiger partial charge in [-0.3, -0.25) is 0 Å². The van der Waals surface area contributed by atoms with Crippen molar-refractivity contribution < 1.29 is 4.74 Å². The molecule has 0 unspecified atom stereocenters. The van der Waals surface area contributed by atoms with E-state index in [-0.39, 0.29) is 0 Å². The maximum atomic E-state index is 5.23. The molecule has 2 N–H and O–H groups in total. The Kier molecular flexibility index (Phi) is 9.52. The summed E-state index contributed by atoms with van der Waals surface area (Å²) in [4.78, 5) is 0. The second kappa shape index (κ2) is 9.27. The number of hydrogen-bond acceptors (Lipinski definition) is 3. The van der Waals surface area contributed by atoms with Crippen molar-refractivity contribution in [1.82, 2.24) is 0 Å². The van der Waals surface area contributed by atoms with Gasteiger partial charge >= 0.3 is 0 Å². The zero-order valence-electron chi connectivity index (χ0n) is 6.38. The second-order valence-electron chi connectivity index (χ2n) is 2.19. The standard InChI is InChI=1S/C7H17NOS/c8-4-6-9-5-2-1-3-7-10/h10H,1-8H2. The summed E-state index contributed by atoms with van der Waals surface area (Å²) >= 11 is 4.10. The number of nitrogens with two attached hydrogens (primary N) is 1. The number of hydrogen-bond donors (Lipinski definition) is 2. The van der Waals surface area contributed by atoms with Crippen LogP contribution in [0.1, 0.15) is 19.3 Å². The summed E-state index contributed by atoms with van der Waals surface area (Å²) in [5, 5.41) is 0. The quantitative estimate of drug-likeness (QED) is 0.435. The van der Waals surface area contributed by atoms with Gasteiger partial charge in [-0.2, -0.15) is 12.6 Å². The first kappa shape index (κ1) is 10.3. The molecule has 0 atom stereocenters. The van der Waals surface area contributed by atoms with Crippen molar-refractivity contribution in [3.05, 3.63) is 0 Å². The summed E-state index contributed by atoms with van der Waals surface area (Å²) < 4.78 is 5.18. The lowest BCUT2D eigenvalue weighted by molar-refractivity contribution is 0.137. The van der Waals surface area contributed by atoms with Crippen LogP contribution in [0.3, 0.4) is 0 Å². The van der Waals surface area contributed by atoms with Gasteiger partial charge in [-0.15, -0.1) is 0 Å². The van der Waals surface area contributed by atoms with E-state index in [4.69, 9.17) is 10.5 Å². The molecule has 0 fully saturated rings. The van der Waals surface area contributed by atoms with Gasteiger partial charge in [0.1, 0.15) is 0 Å². The minimum Gasteiger partial charge on any atom is -0.380 e. The van der Waals surface area contributed by atoms with Gasteiger partial charge in [0.2, 0.25) is 0 Å². The number of rotatable bonds is 7. The Morgan fingerprint density at radius 1 is 1.10 bits per heavy atom. The van der Waals surface area contributed by atoms with Crippen LogP contribution in [0.2, 0.25) is 0 Å². The Bertz CT molecular complexity index is 53.6. The van der Waals surface area contributed by atoms with Crippen LogP contribution in [-0.4, -0.2) is 25.5 Å². The fraction of sp³-hybridized carbons (Fsp3) is 1.00. The van der Waals surface area contributed by atoms with Crippen LogP contribution in [0.5, 0.6) is 0 Å². The molecule has 0 saturated heterocycles. The first-order valence-corrected chi connectivity index (χ1v) is 4.43. The summed E-state index contributed by atoms with van der Waals surface area (Å²) in [5.41, 5.74) is 5.23. The molecule has 62 valence electrons. The molecule has 0 aromatic heterocycles. The van der Waals surface area contributed by atoms with Crippen molar-refractivity contribution in [2.75, 3.05) is 25.5 Å². The zero-order valence-corrected chi connectivity index (χ0v) is 7.28. The molecular formula is C7H17NOS. The molecule has 0 amide bonds. The second-order valence-corrected chi connectivity index (χ2v) is 2.63. The Balaban J connectivity index is 2.65. The van der Waals surface area contributed by atoms with Gasteiger partial charge in [0.15, 0.2) is 0 Å². The first-order chi connectivity index (χ1) is 4.91. The number of ether oxygens (including phenoxy) is 1. The maximum Gasteiger partial charge on any atom is 0.0588 e. The van der Waals surface area contributed by atoms with Crippen LogP contribution in [-0.2, 0) is 4.74 Å². The molecule has 0 aromatic carbocycles. The largest absolute Gasteiger partial charge is 0.380 e. The molecule has 0 aromatic rings. The van der Waals surface area contributed by atoms with Gasteiger partial charge in [0.25, 0.3) is 0 Å². The fourth-order valence-electron chi connectivity index (χ4n) is 0.678. The molecule has 0 bridgehead atoms. The lowest BCUT2D eigenvalue weighted by Crippen LogP contribution is -2.08. The minimum atomic E-state index is 0.632. The molecule has 0 aliphatic carbocycles. The Hall–Kier alpha value is 0.270. The van der Waals surface area contributed by atoms with Crippen LogP contribution < -0.4 is 5.73 Å². The van der Waals surface area contributed by atoms with Gasteiger partial charge in [-0.05, 0) is 18.6 Å². The lowest BCUT2D eigenvalue weighted by Gasteiger charge is -2.00. The Labute approximate surface area is 68.5 Å². The highest BCUT2D eigenvalue weighted by Gasteiger charge is 1.87. The van der Waals surface area contributed by atoms with Crippen molar-refractivity contribution >= 4 is 12.6 Å². The van der Waals surface area contributed by atoms with E-state index in [1.165, 1.54) is 12.8 Å². The normalized spacial score (nSPS) is 10.2. The van der Waals surface area contributed by atoms with Crippen molar-refractivity contribution in [1.29, 1.82) is 0 Å². The van der Waals surface area contributed by atoms with Crippen LogP contribution in [0.4, 0.5) is 0 Å². The van der Waals surface area contributed by atoms with E-state index < -0.39 is 0 Å². The van der Waals surface area contributed by atoms with Crippen LogP contribution in [0, 0.1) is 0 Å². The predicted molar refractivity (Wildman–Crippen MR) is 47.6 cm³/mol. The predicted octanol–water partition coefficient (Wildman–Crippen LogP) is 1.06. The van der Waals surface area contributed by atoms with Crippen LogP contribution in [0.15, 0.2) is 0 Å². The summed E-state index contributed by atoms with van der Waals surface area (Å²) in [6.45, 7) is 2.18. The van der Waals surface area contributed by atoms with E-state index in [1.807, 2.05) is 0 Å². The molecule has 0 saturated carbocycles. The van der Waals surface area contributed by atoms with Crippen LogP contribution in [0.25, 0.3) is 0 Å². The summed E-state index contributed by atoms with van der Waals surface area (Å²) in [6.07, 6.45) is 3.55. The van der Waals surface area contributed by atoms with E-state index in [0.717, 1.165) is 18.8 Å². The molecule has 0 radical (unpaired) electrons. The average Bonchev–Trinajstić information content (AvgIpc) is 1.97. The van der Waals surface area contributed by atoms with Crippen molar-refractivity contribution in [3.8, 4) is 0 Å². The van der Waals surface area contributed by atoms with E-state index in [9.17, 15) is 0 Å². The fourth-order valence-corrected chi connectivity index (χ4v) is 0.902. The van der Waals surface area contributed by atoms with Gasteiger partial charge in [-0.25, -0.2) is 0 Å². The van der Waals surface area contributed by atoms with E-state index in [0.29, 0.717) is 13.2 Å². The third kappa shape index (κ3) is 8.27. The zero-order chi connectivity index (χ0) is 7.66. The summed E-state index contributed by atoms with van der Waals surface area (Å²) in [7, 11) is 0. The SMILES string of the molecule is NCCOCCCCCS. The Morgan fingerprint density at radius 2 is 1.90 bits per heavy atom. The molecule has 0 spiro atoms. The maximum absolute atomic E-state index is 5.23. The lowest BCUT2D eigenvalue weighted by atomic mass is 10.3. The molecule has 10 heavy (non-hydrogen) atoms. The number of thiol groups is 1. The van der Waals surface area contributed by atoms with E-state index >= 15 is 0 Å². The first-order valence-electron chi connectivity index (χ1n) is 3.80. The minimum absolute atomic E-state index is 0.632. The molecule has 0 rings (SSSR count). The highest BCUT2D eigenvalue weighted by molar-refractivity contribution is 7.80. The molecule has 0 aliphatic rings. The third-order valence-corrected chi connectivity index (χ3v) is 1.53. The molecule has 0 heterocycles. The van der Waals surface area contributed by atoms with Crippen LogP contribution >= 0.6 is 12.6 Å². The van der Waals surface area contributed by atoms with Crippen molar-refractivity contribution in [2.45, 2.75) is 19.3 Å². The van der Waals surface area contributed by atoms with Crippen molar-refractivity contribution in [3.63, 3.8) is 0 Å². The van der Waals surface area contributed by atoms with Gasteiger partial charge in [0.05, 0.1) is 6.61 Å². The number of unbranched alkanes of at least 4 members (excludes halogenated alkanes) is 2. The molecule has 0 aliphatic heterocycles. The van der Waals surface area contributed by atoms with E-state index in [2.05, 4.69) is 12.6 Å². The van der Waals surface area contributed by atoms with Gasteiger partial charge < -0.3 is 10.5 Å². The van der Waals surface area contributed by atoms with E-state index in [1.54, 1.807) is 0 Å². The van der Waals surface area contributed by atoms with Gasteiger partial charge in [0, 0.05) is 13.2 Å². The molecular weight excluding hydrogens is 146 g/mol. The third-order valence-electron chi connectivity index (χ3n) is 1.21. The van der Waals surface area contributed by atoms with Gasteiger partial charge in [-0.1, -0.05) is 6.42 Å². The molecule has 3 heteroatoms. The average molecular weight is 163 g/mol. The molecule has 2 nitrogen and oxygen atoms in total. The summed E-state index contributed by atoms with van der Waals surface area (Å²) in [6, 6.07) is 0. The summed E-state index contributed by atoms with van der Waals surface area (Å²) in [5.74, 6) is 0.983. The topological polar surface area (TPSA) is 35.2 Å².